The minimum atomic E-state index is -4.53. The zero-order chi connectivity index (χ0) is 23.2. The molecular formula is C24H22ClF3N5. The highest BCUT2D eigenvalue weighted by Gasteiger charge is 2.52. The van der Waals surface area contributed by atoms with Gasteiger partial charge in [-0.05, 0) is 67.5 Å². The van der Waals surface area contributed by atoms with E-state index in [4.69, 9.17) is 11.6 Å². The van der Waals surface area contributed by atoms with Crippen molar-refractivity contribution in [2.75, 3.05) is 23.3 Å². The van der Waals surface area contributed by atoms with Crippen LogP contribution >= 0.6 is 11.6 Å². The molecule has 2 aromatic heterocycles. The SMILES string of the molecule is Cc1c[c]c(-c2ncccn2)cc1N1CC2(CC2)C[C@H]1CNc1cc(C(F)(F)F)c(Cl)cn1. The van der Waals surface area contributed by atoms with E-state index < -0.39 is 16.8 Å². The van der Waals surface area contributed by atoms with Crippen LogP contribution in [0.1, 0.15) is 30.4 Å². The number of alkyl halides is 3. The number of hydrogen-bond donors (Lipinski definition) is 1. The van der Waals surface area contributed by atoms with Crippen molar-refractivity contribution in [2.24, 2.45) is 5.41 Å². The van der Waals surface area contributed by atoms with Gasteiger partial charge in [0.15, 0.2) is 5.82 Å². The Morgan fingerprint density at radius 3 is 2.67 bits per heavy atom. The lowest BCUT2D eigenvalue weighted by atomic mass is 10.0. The second-order valence-corrected chi connectivity index (χ2v) is 9.31. The maximum atomic E-state index is 13.2. The van der Waals surface area contributed by atoms with Crippen molar-refractivity contribution in [3.63, 3.8) is 0 Å². The van der Waals surface area contributed by atoms with Crippen LogP contribution in [-0.2, 0) is 6.18 Å². The van der Waals surface area contributed by atoms with Crippen molar-refractivity contribution in [3.8, 4) is 11.4 Å². The van der Waals surface area contributed by atoms with Crippen LogP contribution in [0.25, 0.3) is 11.4 Å². The van der Waals surface area contributed by atoms with Crippen molar-refractivity contribution in [3.05, 3.63) is 65.1 Å². The summed E-state index contributed by atoms with van der Waals surface area (Å²) in [5.41, 5.74) is 2.37. The summed E-state index contributed by atoms with van der Waals surface area (Å²) in [6, 6.07) is 10.1. The van der Waals surface area contributed by atoms with E-state index in [1.54, 1.807) is 18.5 Å². The summed E-state index contributed by atoms with van der Waals surface area (Å²) in [6.07, 6.45) is 3.24. The Bertz CT molecular complexity index is 1160. The molecule has 1 radical (unpaired) electrons. The fourth-order valence-electron chi connectivity index (χ4n) is 4.57. The van der Waals surface area contributed by atoms with E-state index in [0.717, 1.165) is 42.0 Å². The molecule has 171 valence electrons. The van der Waals surface area contributed by atoms with Gasteiger partial charge >= 0.3 is 6.18 Å². The van der Waals surface area contributed by atoms with Gasteiger partial charge in [0, 0.05) is 49.0 Å². The van der Waals surface area contributed by atoms with Crippen molar-refractivity contribution >= 4 is 23.1 Å². The highest BCUT2D eigenvalue weighted by molar-refractivity contribution is 6.31. The Labute approximate surface area is 195 Å². The largest absolute Gasteiger partial charge is 0.418 e. The third-order valence-electron chi connectivity index (χ3n) is 6.50. The lowest BCUT2D eigenvalue weighted by Crippen LogP contribution is -2.35. The lowest BCUT2D eigenvalue weighted by molar-refractivity contribution is -0.137. The zero-order valence-electron chi connectivity index (χ0n) is 18.0. The molecule has 1 aromatic carbocycles. The molecule has 1 N–H and O–H groups in total. The lowest BCUT2D eigenvalue weighted by Gasteiger charge is -2.29. The van der Waals surface area contributed by atoms with Gasteiger partial charge in [0.1, 0.15) is 5.82 Å². The summed E-state index contributed by atoms with van der Waals surface area (Å²) in [6.45, 7) is 3.43. The number of hydrogen-bond acceptors (Lipinski definition) is 5. The van der Waals surface area contributed by atoms with Gasteiger partial charge in [-0.3, -0.25) is 0 Å². The molecule has 5 nitrogen and oxygen atoms in total. The first-order valence-corrected chi connectivity index (χ1v) is 11.1. The first-order valence-electron chi connectivity index (χ1n) is 10.8. The average molecular weight is 473 g/mol. The van der Waals surface area contributed by atoms with Crippen molar-refractivity contribution in [2.45, 2.75) is 38.4 Å². The van der Waals surface area contributed by atoms with Crippen LogP contribution in [-0.4, -0.2) is 34.1 Å². The third-order valence-corrected chi connectivity index (χ3v) is 6.80. The summed E-state index contributed by atoms with van der Waals surface area (Å²) in [5.74, 6) is 0.777. The highest BCUT2D eigenvalue weighted by atomic mass is 35.5. The topological polar surface area (TPSA) is 53.9 Å². The van der Waals surface area contributed by atoms with E-state index in [1.165, 1.54) is 12.8 Å². The Morgan fingerprint density at radius 2 is 1.97 bits per heavy atom. The molecule has 9 heteroatoms. The first-order chi connectivity index (χ1) is 15.7. The molecule has 2 fully saturated rings. The van der Waals surface area contributed by atoms with Crippen LogP contribution in [0.2, 0.25) is 5.02 Å². The molecule has 3 aromatic rings. The van der Waals surface area contributed by atoms with Crippen LogP contribution in [0.15, 0.2) is 42.9 Å². The van der Waals surface area contributed by atoms with Gasteiger partial charge in [0.05, 0.1) is 10.6 Å². The Kier molecular flexibility index (Phi) is 5.43. The maximum absolute atomic E-state index is 13.2. The molecule has 1 spiro atoms. The van der Waals surface area contributed by atoms with Crippen LogP contribution < -0.4 is 10.2 Å². The second-order valence-electron chi connectivity index (χ2n) is 8.90. The van der Waals surface area contributed by atoms with E-state index >= 15 is 0 Å². The minimum Gasteiger partial charge on any atom is -0.368 e. The predicted molar refractivity (Wildman–Crippen MR) is 121 cm³/mol. The van der Waals surface area contributed by atoms with E-state index in [2.05, 4.69) is 37.3 Å². The highest BCUT2D eigenvalue weighted by Crippen LogP contribution is 2.56. The molecule has 2 aliphatic rings. The number of aryl methyl sites for hydroxylation is 1. The average Bonchev–Trinajstić information content (AvgIpc) is 3.45. The van der Waals surface area contributed by atoms with Gasteiger partial charge in [0.25, 0.3) is 0 Å². The standard InChI is InChI=1S/C24H22ClF3N5/c1-15-3-4-16(22-29-7-2-8-30-22)9-20(15)33-14-23(5-6-23)11-17(33)12-31-21-10-18(24(26,27)28)19(25)13-32-21/h2-3,7-10,13,17H,5-6,11-12,14H2,1H3,(H,31,32)/t17-/m0/s1. The molecule has 0 amide bonds. The van der Waals surface area contributed by atoms with Gasteiger partial charge in [-0.1, -0.05) is 11.6 Å². The number of pyridine rings is 1. The summed E-state index contributed by atoms with van der Waals surface area (Å²) in [4.78, 5) is 15.1. The smallest absolute Gasteiger partial charge is 0.368 e. The molecule has 1 saturated heterocycles. The fourth-order valence-corrected chi connectivity index (χ4v) is 4.78. The van der Waals surface area contributed by atoms with Gasteiger partial charge < -0.3 is 10.2 Å². The summed E-state index contributed by atoms with van der Waals surface area (Å²) >= 11 is 5.71. The van der Waals surface area contributed by atoms with Crippen molar-refractivity contribution < 1.29 is 13.2 Å². The molecule has 1 aliphatic carbocycles. The Morgan fingerprint density at radius 1 is 1.21 bits per heavy atom. The number of benzene rings is 1. The van der Waals surface area contributed by atoms with Crippen molar-refractivity contribution in [1.82, 2.24) is 15.0 Å². The van der Waals surface area contributed by atoms with Crippen LogP contribution in [0.4, 0.5) is 24.7 Å². The molecule has 5 rings (SSSR count). The molecule has 0 bridgehead atoms. The number of nitrogens with zero attached hydrogens (tertiary/aromatic N) is 4. The molecular weight excluding hydrogens is 451 g/mol. The molecule has 3 heterocycles. The number of anilines is 2. The number of halogens is 4. The molecule has 1 aliphatic heterocycles. The predicted octanol–water partition coefficient (Wildman–Crippen LogP) is 5.79. The monoisotopic (exact) mass is 472 g/mol. The first kappa shape index (κ1) is 21.9. The van der Waals surface area contributed by atoms with Crippen LogP contribution in [0.3, 0.4) is 0 Å². The maximum Gasteiger partial charge on any atom is 0.418 e. The molecule has 1 saturated carbocycles. The van der Waals surface area contributed by atoms with Gasteiger partial charge in [-0.2, -0.15) is 13.2 Å². The molecule has 0 unspecified atom stereocenters. The summed E-state index contributed by atoms with van der Waals surface area (Å²) in [5, 5.41) is 2.71. The van der Waals surface area contributed by atoms with E-state index in [-0.39, 0.29) is 17.3 Å². The van der Waals surface area contributed by atoms with E-state index in [1.807, 2.05) is 13.0 Å². The number of nitrogens with one attached hydrogen (secondary N) is 1. The second kappa shape index (κ2) is 8.17. The van der Waals surface area contributed by atoms with Gasteiger partial charge in [-0.25, -0.2) is 15.0 Å². The van der Waals surface area contributed by atoms with Crippen LogP contribution in [0, 0.1) is 18.4 Å². The molecule has 1 atom stereocenters. The third kappa shape index (κ3) is 4.49. The van der Waals surface area contributed by atoms with Crippen molar-refractivity contribution in [1.29, 1.82) is 0 Å². The quantitative estimate of drug-likeness (QED) is 0.509. The fraction of sp³-hybridized carbons (Fsp3) is 0.375. The van der Waals surface area contributed by atoms with Crippen LogP contribution in [0.5, 0.6) is 0 Å². The van der Waals surface area contributed by atoms with Gasteiger partial charge in [0.2, 0.25) is 0 Å². The Hall–Kier alpha value is -2.87. The number of rotatable bonds is 5. The molecule has 33 heavy (non-hydrogen) atoms. The van der Waals surface area contributed by atoms with E-state index in [9.17, 15) is 13.2 Å². The zero-order valence-corrected chi connectivity index (χ0v) is 18.7. The Balaban J connectivity index is 1.40. The van der Waals surface area contributed by atoms with Gasteiger partial charge in [-0.15, -0.1) is 0 Å². The summed E-state index contributed by atoms with van der Waals surface area (Å²) < 4.78 is 39.7. The number of aromatic nitrogens is 3. The minimum absolute atomic E-state index is 0.116. The van der Waals surface area contributed by atoms with E-state index in [0.29, 0.717) is 12.4 Å². The summed E-state index contributed by atoms with van der Waals surface area (Å²) in [7, 11) is 0. The normalized spacial score (nSPS) is 19.2.